The van der Waals surface area contributed by atoms with Crippen molar-refractivity contribution >= 4 is 0 Å². The van der Waals surface area contributed by atoms with E-state index in [2.05, 4.69) is 0 Å². The largest absolute Gasteiger partial charge is 0.394 e. The van der Waals surface area contributed by atoms with Gasteiger partial charge in [-0.3, -0.25) is 0 Å². The van der Waals surface area contributed by atoms with Crippen LogP contribution >= 0.6 is 0 Å². The molecule has 0 bridgehead atoms. The Morgan fingerprint density at radius 1 is 0.417 bits per heavy atom. The van der Waals surface area contributed by atoms with Crippen LogP contribution in [0.15, 0.2) is 0 Å². The fourth-order valence-electron chi connectivity index (χ4n) is 6.88. The first kappa shape index (κ1) is 40.1. The number of ether oxygens (including phenoxy) is 13. The van der Waals surface area contributed by atoms with E-state index in [4.69, 9.17) is 61.6 Å². The Morgan fingerprint density at radius 3 is 1.25 bits per heavy atom. The Bertz CT molecular complexity index is 949. The van der Waals surface area contributed by atoms with Crippen LogP contribution in [0.1, 0.15) is 20.8 Å². The average Bonchev–Trinajstić information content (AvgIpc) is 3.05. The lowest BCUT2D eigenvalue weighted by Crippen LogP contribution is -2.67. The maximum Gasteiger partial charge on any atom is 0.187 e. The predicted molar refractivity (Wildman–Crippen MR) is 158 cm³/mol. The highest BCUT2D eigenvalue weighted by Gasteiger charge is 2.55. The molecule has 282 valence electrons. The van der Waals surface area contributed by atoms with Crippen molar-refractivity contribution in [3.05, 3.63) is 0 Å². The van der Waals surface area contributed by atoms with Gasteiger partial charge in [0.25, 0.3) is 0 Å². The molecule has 0 radical (unpaired) electrons. The highest BCUT2D eigenvalue weighted by atomic mass is 16.8. The van der Waals surface area contributed by atoms with Gasteiger partial charge in [-0.05, 0) is 20.8 Å². The Kier molecular flexibility index (Phi) is 14.7. The third-order valence-corrected chi connectivity index (χ3v) is 9.57. The number of hydrogen-bond acceptors (Lipinski definition) is 18. The molecule has 4 saturated heterocycles. The first-order valence-corrected chi connectivity index (χ1v) is 16.0. The molecule has 4 rings (SSSR count). The van der Waals surface area contributed by atoms with Gasteiger partial charge in [0.05, 0.1) is 24.9 Å². The zero-order valence-electron chi connectivity index (χ0n) is 28.8. The topological polar surface area (TPSA) is 221 Å². The molecule has 0 aromatic heterocycles. The molecule has 0 aliphatic carbocycles. The molecule has 0 aromatic rings. The molecule has 4 heterocycles. The Balaban J connectivity index is 1.57. The van der Waals surface area contributed by atoms with Crippen LogP contribution in [0.25, 0.3) is 0 Å². The van der Waals surface area contributed by atoms with Crippen LogP contribution < -0.4 is 0 Å². The fraction of sp³-hybridized carbons (Fsp3) is 1.00. The smallest absolute Gasteiger partial charge is 0.187 e. The Hall–Kier alpha value is -0.720. The molecule has 0 saturated carbocycles. The molecule has 18 nitrogen and oxygen atoms in total. The fourth-order valence-corrected chi connectivity index (χ4v) is 6.88. The predicted octanol–water partition coefficient (Wildman–Crippen LogP) is -2.74. The molecule has 20 atom stereocenters. The molecule has 0 aromatic carbocycles. The summed E-state index contributed by atoms with van der Waals surface area (Å²) < 4.78 is 75.9. The molecule has 48 heavy (non-hydrogen) atoms. The third kappa shape index (κ3) is 8.01. The summed E-state index contributed by atoms with van der Waals surface area (Å²) in [5.41, 5.74) is 0. The highest BCUT2D eigenvalue weighted by Crippen LogP contribution is 2.36. The highest BCUT2D eigenvalue weighted by molar-refractivity contribution is 4.98. The van der Waals surface area contributed by atoms with Crippen molar-refractivity contribution in [1.82, 2.24) is 0 Å². The lowest BCUT2D eigenvalue weighted by molar-refractivity contribution is -0.389. The van der Waals surface area contributed by atoms with E-state index in [1.165, 1.54) is 42.7 Å². The maximum absolute atomic E-state index is 11.3. The van der Waals surface area contributed by atoms with Crippen molar-refractivity contribution in [2.24, 2.45) is 0 Å². The summed E-state index contributed by atoms with van der Waals surface area (Å²) in [5.74, 6) is 0. The van der Waals surface area contributed by atoms with E-state index in [0.717, 1.165) is 0 Å². The first-order valence-electron chi connectivity index (χ1n) is 16.0. The number of hydrogen-bond donors (Lipinski definition) is 5. The van der Waals surface area contributed by atoms with Crippen LogP contribution in [0.2, 0.25) is 0 Å². The lowest BCUT2D eigenvalue weighted by atomic mass is 9.95. The van der Waals surface area contributed by atoms with Crippen molar-refractivity contribution in [2.45, 2.75) is 144 Å². The van der Waals surface area contributed by atoms with Gasteiger partial charge in [-0.15, -0.1) is 0 Å². The zero-order chi connectivity index (χ0) is 35.4. The van der Waals surface area contributed by atoms with E-state index in [1.807, 2.05) is 0 Å². The molecule has 18 heteroatoms. The van der Waals surface area contributed by atoms with Crippen LogP contribution in [-0.2, 0) is 61.6 Å². The summed E-state index contributed by atoms with van der Waals surface area (Å²) in [6, 6.07) is 0. The second kappa shape index (κ2) is 17.7. The number of aliphatic hydroxyl groups is 5. The van der Waals surface area contributed by atoms with Gasteiger partial charge in [0.15, 0.2) is 25.2 Å². The van der Waals surface area contributed by atoms with Gasteiger partial charge < -0.3 is 87.1 Å². The zero-order valence-corrected chi connectivity index (χ0v) is 28.8. The Morgan fingerprint density at radius 2 is 0.833 bits per heavy atom. The summed E-state index contributed by atoms with van der Waals surface area (Å²) in [5, 5.41) is 53.9. The van der Waals surface area contributed by atoms with E-state index < -0.39 is 129 Å². The van der Waals surface area contributed by atoms with Gasteiger partial charge in [0, 0.05) is 42.7 Å². The van der Waals surface area contributed by atoms with Crippen molar-refractivity contribution in [3.63, 3.8) is 0 Å². The van der Waals surface area contributed by atoms with Crippen LogP contribution in [0.3, 0.4) is 0 Å². The van der Waals surface area contributed by atoms with Gasteiger partial charge in [-0.2, -0.15) is 0 Å². The molecule has 5 N–H and O–H groups in total. The molecule has 4 aliphatic heterocycles. The maximum atomic E-state index is 11.3. The van der Waals surface area contributed by atoms with E-state index >= 15 is 0 Å². The van der Waals surface area contributed by atoms with Crippen molar-refractivity contribution in [1.29, 1.82) is 0 Å². The molecule has 0 amide bonds. The number of aliphatic hydroxyl groups excluding tert-OH is 5. The number of methoxy groups -OCH3 is 6. The summed E-state index contributed by atoms with van der Waals surface area (Å²) in [6.07, 6.45) is -20.9. The number of rotatable bonds is 13. The van der Waals surface area contributed by atoms with E-state index in [-0.39, 0.29) is 0 Å². The summed E-state index contributed by atoms with van der Waals surface area (Å²) in [4.78, 5) is 0. The second-order valence-electron chi connectivity index (χ2n) is 12.4. The van der Waals surface area contributed by atoms with Gasteiger partial charge in [0.1, 0.15) is 79.4 Å². The SMILES string of the molecule is CO[C@@H]1[C@@H](O[C@@H]2[C@H](O)[C@H](C)O[C@@H](O[C@@H]3[C@@H](O)[C@H](C)O[C@@H](O[C@@H]4[C@@H](OC)[C@H](C)O[C@@H](O)[C@@H]4OC)[C@@H]3OC)[C@H]2OC)O[C@H](CO)[C@@H](OC)[C@@H]1O. The molecule has 0 unspecified atom stereocenters. The molecular formula is C30H54O18. The minimum absolute atomic E-state index is 0.485. The van der Waals surface area contributed by atoms with E-state index in [0.29, 0.717) is 0 Å². The molecule has 4 aliphatic rings. The quantitative estimate of drug-likeness (QED) is 0.131. The van der Waals surface area contributed by atoms with Crippen molar-refractivity contribution in [2.75, 3.05) is 49.3 Å². The van der Waals surface area contributed by atoms with Gasteiger partial charge >= 0.3 is 0 Å². The van der Waals surface area contributed by atoms with Crippen LogP contribution in [0, 0.1) is 0 Å². The van der Waals surface area contributed by atoms with Crippen molar-refractivity contribution < 1.29 is 87.1 Å². The first-order chi connectivity index (χ1) is 22.9. The summed E-state index contributed by atoms with van der Waals surface area (Å²) >= 11 is 0. The standard InChI is InChI=1S/C30H54O18/c1-11-15(32)20(46-28-22(38-6)17(34)19(37-5)14(10-31)45-28)25(40-8)29(43-11)47-21-16(33)12(2)44-30(26(21)41-9)48-23-18(36-4)13(3)42-27(35)24(23)39-7/h11-35H,10H2,1-9H3/t11-,12-,13-,14+,15+,16-,17-,18-,19+,20+,21+,22-,23+,24+,25-,26+,27+,28+,29-,30-/m0/s1. The van der Waals surface area contributed by atoms with E-state index in [9.17, 15) is 25.5 Å². The van der Waals surface area contributed by atoms with Crippen LogP contribution in [0.4, 0.5) is 0 Å². The minimum Gasteiger partial charge on any atom is -0.394 e. The van der Waals surface area contributed by atoms with Gasteiger partial charge in [-0.1, -0.05) is 0 Å². The lowest BCUT2D eigenvalue weighted by Gasteiger charge is -2.50. The molecule has 4 fully saturated rings. The Labute approximate surface area is 280 Å². The molecular weight excluding hydrogens is 648 g/mol. The van der Waals surface area contributed by atoms with Gasteiger partial charge in [0.2, 0.25) is 0 Å². The minimum atomic E-state index is -1.32. The molecule has 0 spiro atoms. The second-order valence-corrected chi connectivity index (χ2v) is 12.4. The van der Waals surface area contributed by atoms with Gasteiger partial charge in [-0.25, -0.2) is 0 Å². The average molecular weight is 703 g/mol. The summed E-state index contributed by atoms with van der Waals surface area (Å²) in [7, 11) is 8.35. The summed E-state index contributed by atoms with van der Waals surface area (Å²) in [6.45, 7) is 4.46. The normalized spacial score (nSPS) is 50.4. The third-order valence-electron chi connectivity index (χ3n) is 9.57. The van der Waals surface area contributed by atoms with Crippen molar-refractivity contribution in [3.8, 4) is 0 Å². The monoisotopic (exact) mass is 702 g/mol. The van der Waals surface area contributed by atoms with E-state index in [1.54, 1.807) is 20.8 Å². The van der Waals surface area contributed by atoms with Crippen LogP contribution in [0.5, 0.6) is 0 Å². The van der Waals surface area contributed by atoms with Crippen LogP contribution in [-0.4, -0.2) is 198 Å².